The molecule has 0 aliphatic rings. The fourth-order valence-corrected chi connectivity index (χ4v) is 1.68. The van der Waals surface area contributed by atoms with Crippen LogP contribution < -0.4 is 0 Å². The van der Waals surface area contributed by atoms with Crippen LogP contribution in [-0.4, -0.2) is 12.7 Å². The highest BCUT2D eigenvalue weighted by Crippen LogP contribution is 2.08. The van der Waals surface area contributed by atoms with Gasteiger partial charge >= 0.3 is 0 Å². The highest BCUT2D eigenvalue weighted by atomic mass is 16.5. The summed E-state index contributed by atoms with van der Waals surface area (Å²) in [6, 6.07) is 0. The van der Waals surface area contributed by atoms with Crippen molar-refractivity contribution >= 4 is 0 Å². The van der Waals surface area contributed by atoms with Crippen molar-refractivity contribution < 1.29 is 9.47 Å². The van der Waals surface area contributed by atoms with E-state index in [-0.39, 0.29) is 6.10 Å². The molecule has 0 spiro atoms. The van der Waals surface area contributed by atoms with Crippen LogP contribution in [0.25, 0.3) is 0 Å². The molecule has 0 saturated heterocycles. The molecule has 0 aromatic rings. The van der Waals surface area contributed by atoms with E-state index in [1.54, 1.807) is 0 Å². The van der Waals surface area contributed by atoms with Gasteiger partial charge in [0.25, 0.3) is 0 Å². The van der Waals surface area contributed by atoms with Crippen LogP contribution in [0.3, 0.4) is 0 Å². The predicted octanol–water partition coefficient (Wildman–Crippen LogP) is 5.70. The Morgan fingerprint density at radius 1 is 0.900 bits per heavy atom. The summed E-state index contributed by atoms with van der Waals surface area (Å²) in [5.41, 5.74) is 0. The average Bonchev–Trinajstić information content (AvgIpc) is 2.38. The largest absolute Gasteiger partial charge is 0.498 e. The van der Waals surface area contributed by atoms with E-state index in [2.05, 4.69) is 46.8 Å². The van der Waals surface area contributed by atoms with Gasteiger partial charge in [-0.2, -0.15) is 0 Å². The molecule has 0 rings (SSSR count). The summed E-state index contributed by atoms with van der Waals surface area (Å²) >= 11 is 0. The minimum absolute atomic E-state index is 0.169. The first-order valence-electron chi connectivity index (χ1n) is 8.13. The summed E-state index contributed by atoms with van der Waals surface area (Å²) in [5, 5.41) is 0. The number of hydrogen-bond donors (Lipinski definition) is 0. The van der Waals surface area contributed by atoms with Crippen molar-refractivity contribution in [3.8, 4) is 0 Å². The molecular formula is C18H34O2. The molecule has 1 unspecified atom stereocenters. The molecule has 0 aromatic heterocycles. The van der Waals surface area contributed by atoms with Gasteiger partial charge in [0.15, 0.2) is 0 Å². The Morgan fingerprint density at radius 2 is 1.50 bits per heavy atom. The second-order valence-electron chi connectivity index (χ2n) is 6.24. The van der Waals surface area contributed by atoms with Crippen LogP contribution in [0.15, 0.2) is 24.7 Å². The maximum atomic E-state index is 5.78. The zero-order chi connectivity index (χ0) is 15.2. The van der Waals surface area contributed by atoms with E-state index in [4.69, 9.17) is 9.47 Å². The summed E-state index contributed by atoms with van der Waals surface area (Å²) in [5.74, 6) is 1.36. The molecule has 0 saturated carbocycles. The average molecular weight is 282 g/mol. The molecule has 0 amide bonds. The van der Waals surface area contributed by atoms with Gasteiger partial charge in [-0.3, -0.25) is 0 Å². The van der Waals surface area contributed by atoms with E-state index in [1.807, 2.05) is 12.5 Å². The first-order valence-corrected chi connectivity index (χ1v) is 8.13. The van der Waals surface area contributed by atoms with Crippen molar-refractivity contribution in [3.05, 3.63) is 24.7 Å². The van der Waals surface area contributed by atoms with Crippen molar-refractivity contribution in [2.75, 3.05) is 6.61 Å². The second-order valence-corrected chi connectivity index (χ2v) is 6.24. The molecule has 2 nitrogen and oxygen atoms in total. The van der Waals surface area contributed by atoms with Crippen molar-refractivity contribution in [2.24, 2.45) is 11.8 Å². The van der Waals surface area contributed by atoms with Gasteiger partial charge < -0.3 is 9.47 Å². The summed E-state index contributed by atoms with van der Waals surface area (Å²) in [6.07, 6.45) is 13.6. The Bertz CT molecular complexity index is 254. The molecule has 0 N–H and O–H groups in total. The number of ether oxygens (including phenoxy) is 2. The second kappa shape index (κ2) is 13.1. The van der Waals surface area contributed by atoms with Crippen LogP contribution in [0.4, 0.5) is 0 Å². The van der Waals surface area contributed by atoms with Crippen LogP contribution in [0.2, 0.25) is 0 Å². The zero-order valence-corrected chi connectivity index (χ0v) is 14.1. The third-order valence-electron chi connectivity index (χ3n) is 2.94. The highest BCUT2D eigenvalue weighted by molar-refractivity contribution is 4.78. The fraction of sp³-hybridized carbons (Fsp3) is 0.778. The van der Waals surface area contributed by atoms with E-state index in [0.29, 0.717) is 18.4 Å². The number of hydrogen-bond acceptors (Lipinski definition) is 2. The van der Waals surface area contributed by atoms with E-state index < -0.39 is 0 Å². The van der Waals surface area contributed by atoms with Gasteiger partial charge in [0.05, 0.1) is 12.5 Å². The predicted molar refractivity (Wildman–Crippen MR) is 87.5 cm³/mol. The molecule has 20 heavy (non-hydrogen) atoms. The number of rotatable bonds is 12. The first-order chi connectivity index (χ1) is 9.56. The van der Waals surface area contributed by atoms with Gasteiger partial charge in [-0.05, 0) is 49.7 Å². The van der Waals surface area contributed by atoms with E-state index >= 15 is 0 Å². The maximum absolute atomic E-state index is 5.78. The number of unbranched alkanes of at least 4 members (excludes halogenated alkanes) is 1. The lowest BCUT2D eigenvalue weighted by atomic mass is 10.1. The monoisotopic (exact) mass is 282 g/mol. The summed E-state index contributed by atoms with van der Waals surface area (Å²) in [4.78, 5) is 0. The molecule has 0 aromatic carbocycles. The topological polar surface area (TPSA) is 18.5 Å². The molecular weight excluding hydrogens is 248 g/mol. The highest BCUT2D eigenvalue weighted by Gasteiger charge is 2.07. The van der Waals surface area contributed by atoms with E-state index in [9.17, 15) is 0 Å². The lowest BCUT2D eigenvalue weighted by molar-refractivity contribution is 0.0604. The van der Waals surface area contributed by atoms with Crippen LogP contribution >= 0.6 is 0 Å². The van der Waals surface area contributed by atoms with Crippen molar-refractivity contribution in [1.29, 1.82) is 0 Å². The molecule has 0 aliphatic carbocycles. The molecule has 0 aliphatic heterocycles. The quantitative estimate of drug-likeness (QED) is 0.428. The van der Waals surface area contributed by atoms with Gasteiger partial charge in [-0.1, -0.05) is 41.0 Å². The summed E-state index contributed by atoms with van der Waals surface area (Å²) in [7, 11) is 0. The maximum Gasteiger partial charge on any atom is 0.132 e. The normalized spacial score (nSPS) is 13.8. The fourth-order valence-electron chi connectivity index (χ4n) is 1.68. The van der Waals surface area contributed by atoms with Crippen molar-refractivity contribution in [2.45, 2.75) is 72.8 Å². The zero-order valence-electron chi connectivity index (χ0n) is 14.1. The van der Waals surface area contributed by atoms with Gasteiger partial charge in [-0.15, -0.1) is 0 Å². The SMILES string of the molecule is CCCCC(COC=CCC(C)C)OC=CCC(C)C. The van der Waals surface area contributed by atoms with Gasteiger partial charge in [-0.25, -0.2) is 0 Å². The van der Waals surface area contributed by atoms with Crippen LogP contribution in [0, 0.1) is 11.8 Å². The lowest BCUT2D eigenvalue weighted by Crippen LogP contribution is -2.16. The Labute approximate surface area is 126 Å². The molecule has 2 heteroatoms. The molecule has 0 bridgehead atoms. The third-order valence-corrected chi connectivity index (χ3v) is 2.94. The summed E-state index contributed by atoms with van der Waals surface area (Å²) in [6.45, 7) is 11.7. The Hall–Kier alpha value is -0.920. The molecule has 1 atom stereocenters. The van der Waals surface area contributed by atoms with Gasteiger partial charge in [0, 0.05) is 0 Å². The number of allylic oxidation sites excluding steroid dienone is 2. The molecule has 0 heterocycles. The Kier molecular flexibility index (Phi) is 12.5. The van der Waals surface area contributed by atoms with E-state index in [1.165, 1.54) is 12.8 Å². The van der Waals surface area contributed by atoms with Gasteiger partial charge in [0.2, 0.25) is 0 Å². The lowest BCUT2D eigenvalue weighted by Gasteiger charge is -2.16. The standard InChI is InChI=1S/C18H34O2/c1-6-7-12-18(20-14-9-11-17(4)5)15-19-13-8-10-16(2)3/h8-9,13-14,16-18H,6-7,10-12,15H2,1-5H3. The van der Waals surface area contributed by atoms with Crippen LogP contribution in [0.5, 0.6) is 0 Å². The smallest absolute Gasteiger partial charge is 0.132 e. The van der Waals surface area contributed by atoms with E-state index in [0.717, 1.165) is 19.3 Å². The molecule has 0 fully saturated rings. The molecule has 0 radical (unpaired) electrons. The van der Waals surface area contributed by atoms with Gasteiger partial charge in [0.1, 0.15) is 12.7 Å². The first kappa shape index (κ1) is 19.1. The Morgan fingerprint density at radius 3 is 2.05 bits per heavy atom. The van der Waals surface area contributed by atoms with Crippen molar-refractivity contribution in [1.82, 2.24) is 0 Å². The minimum Gasteiger partial charge on any atom is -0.498 e. The van der Waals surface area contributed by atoms with Crippen LogP contribution in [0.1, 0.15) is 66.7 Å². The molecule has 118 valence electrons. The van der Waals surface area contributed by atoms with Crippen LogP contribution in [-0.2, 0) is 9.47 Å². The summed E-state index contributed by atoms with van der Waals surface area (Å²) < 4.78 is 11.4. The Balaban J connectivity index is 3.94. The third kappa shape index (κ3) is 13.5. The van der Waals surface area contributed by atoms with Crippen molar-refractivity contribution in [3.63, 3.8) is 0 Å². The minimum atomic E-state index is 0.169.